The summed E-state index contributed by atoms with van der Waals surface area (Å²) in [6.45, 7) is 3.77. The summed E-state index contributed by atoms with van der Waals surface area (Å²) in [7, 11) is 1.91. The van der Waals surface area contributed by atoms with Crippen molar-refractivity contribution in [2.45, 2.75) is 25.3 Å². The first-order valence-electron chi connectivity index (χ1n) is 9.28. The predicted octanol–water partition coefficient (Wildman–Crippen LogP) is 2.89. The Morgan fingerprint density at radius 2 is 2.08 bits per heavy atom. The molecule has 2 aromatic rings. The van der Waals surface area contributed by atoms with Crippen molar-refractivity contribution in [1.82, 2.24) is 20.4 Å². The number of carbonyl (C=O) groups excluding carboxylic acids is 1. The van der Waals surface area contributed by atoms with E-state index in [2.05, 4.69) is 22.7 Å². The lowest BCUT2D eigenvalue weighted by Crippen LogP contribution is -2.38. The van der Waals surface area contributed by atoms with Gasteiger partial charge in [-0.05, 0) is 41.5 Å². The van der Waals surface area contributed by atoms with Crippen LogP contribution in [0, 0.1) is 17.8 Å². The molecule has 5 atom stereocenters. The van der Waals surface area contributed by atoms with Crippen LogP contribution in [-0.2, 0) is 11.8 Å². The molecule has 138 valence electrons. The Morgan fingerprint density at radius 3 is 2.69 bits per heavy atom. The van der Waals surface area contributed by atoms with E-state index in [4.69, 9.17) is 11.6 Å². The fraction of sp³-hybridized carbons (Fsp3) is 0.500. The fourth-order valence-corrected chi connectivity index (χ4v) is 4.25. The lowest BCUT2D eigenvalue weighted by molar-refractivity contribution is -0.125. The number of benzene rings is 1. The largest absolute Gasteiger partial charge is 0.349 e. The quantitative estimate of drug-likeness (QED) is 0.848. The highest BCUT2D eigenvalue weighted by atomic mass is 35.5. The molecular weight excluding hydrogens is 348 g/mol. The Kier molecular flexibility index (Phi) is 4.76. The maximum atomic E-state index is 13.1. The Bertz CT molecular complexity index is 787. The number of nitrogens with one attached hydrogen (secondary N) is 2. The zero-order chi connectivity index (χ0) is 18.3. The minimum atomic E-state index is -0.0666. The van der Waals surface area contributed by atoms with Crippen LogP contribution in [0.2, 0.25) is 5.02 Å². The molecule has 2 heterocycles. The van der Waals surface area contributed by atoms with Gasteiger partial charge in [-0.1, -0.05) is 30.7 Å². The van der Waals surface area contributed by atoms with Crippen molar-refractivity contribution in [3.8, 4) is 0 Å². The Hall–Kier alpha value is -1.85. The van der Waals surface area contributed by atoms with Crippen molar-refractivity contribution in [3.05, 3.63) is 52.8 Å². The van der Waals surface area contributed by atoms with Crippen LogP contribution >= 0.6 is 11.6 Å². The first-order chi connectivity index (χ1) is 12.5. The molecule has 3 unspecified atom stereocenters. The van der Waals surface area contributed by atoms with E-state index in [1.54, 1.807) is 4.68 Å². The van der Waals surface area contributed by atoms with Crippen molar-refractivity contribution < 1.29 is 4.79 Å². The van der Waals surface area contributed by atoms with E-state index in [-0.39, 0.29) is 23.8 Å². The first-order valence-corrected chi connectivity index (χ1v) is 9.66. The van der Waals surface area contributed by atoms with Crippen LogP contribution in [0.25, 0.3) is 0 Å². The SMILES string of the molecule is CC1CC1C(NC(=O)[C@H]1CNC[C@@H]1c1cnn(C)c1)c1ccc(Cl)cc1. The van der Waals surface area contributed by atoms with Crippen LogP contribution < -0.4 is 10.6 Å². The molecule has 2 N–H and O–H groups in total. The second-order valence-corrected chi connectivity index (χ2v) is 8.17. The number of amides is 1. The lowest BCUT2D eigenvalue weighted by atomic mass is 9.89. The molecule has 1 aromatic heterocycles. The minimum Gasteiger partial charge on any atom is -0.349 e. The topological polar surface area (TPSA) is 59.0 Å². The highest BCUT2D eigenvalue weighted by Crippen LogP contribution is 2.47. The molecule has 2 aliphatic rings. The summed E-state index contributed by atoms with van der Waals surface area (Å²) in [6, 6.07) is 7.93. The number of rotatable bonds is 5. The van der Waals surface area contributed by atoms with Gasteiger partial charge < -0.3 is 10.6 Å². The molecule has 1 saturated carbocycles. The first kappa shape index (κ1) is 17.6. The zero-order valence-corrected chi connectivity index (χ0v) is 15.9. The molecule has 0 spiro atoms. The number of nitrogens with zero attached hydrogens (tertiary/aromatic N) is 2. The van der Waals surface area contributed by atoms with Crippen LogP contribution in [0.15, 0.2) is 36.7 Å². The molecule has 1 aliphatic carbocycles. The van der Waals surface area contributed by atoms with E-state index in [0.717, 1.165) is 29.1 Å². The maximum Gasteiger partial charge on any atom is 0.225 e. The molecule has 1 saturated heterocycles. The van der Waals surface area contributed by atoms with Gasteiger partial charge in [-0.2, -0.15) is 5.10 Å². The number of hydrogen-bond donors (Lipinski definition) is 2. The van der Waals surface area contributed by atoms with Gasteiger partial charge in [-0.15, -0.1) is 0 Å². The monoisotopic (exact) mass is 372 g/mol. The van der Waals surface area contributed by atoms with Crippen molar-refractivity contribution in [1.29, 1.82) is 0 Å². The number of carbonyl (C=O) groups is 1. The fourth-order valence-electron chi connectivity index (χ4n) is 4.12. The van der Waals surface area contributed by atoms with Gasteiger partial charge in [-0.25, -0.2) is 0 Å². The molecule has 1 amide bonds. The summed E-state index contributed by atoms with van der Waals surface area (Å²) in [5.41, 5.74) is 2.27. The van der Waals surface area contributed by atoms with Crippen molar-refractivity contribution in [2.24, 2.45) is 24.8 Å². The molecule has 6 heteroatoms. The Morgan fingerprint density at radius 1 is 1.35 bits per heavy atom. The van der Waals surface area contributed by atoms with Crippen molar-refractivity contribution >= 4 is 17.5 Å². The third kappa shape index (κ3) is 3.51. The van der Waals surface area contributed by atoms with Crippen molar-refractivity contribution in [2.75, 3.05) is 13.1 Å². The molecule has 1 aromatic carbocycles. The van der Waals surface area contributed by atoms with Crippen LogP contribution in [0.1, 0.15) is 36.4 Å². The second-order valence-electron chi connectivity index (χ2n) is 7.73. The van der Waals surface area contributed by atoms with E-state index < -0.39 is 0 Å². The average molecular weight is 373 g/mol. The van der Waals surface area contributed by atoms with Crippen LogP contribution in [0.3, 0.4) is 0 Å². The van der Waals surface area contributed by atoms with Crippen LogP contribution in [-0.4, -0.2) is 28.8 Å². The number of halogens is 1. The van der Waals surface area contributed by atoms with Gasteiger partial charge >= 0.3 is 0 Å². The highest BCUT2D eigenvalue weighted by Gasteiger charge is 2.43. The molecule has 1 aliphatic heterocycles. The van der Waals surface area contributed by atoms with E-state index >= 15 is 0 Å². The van der Waals surface area contributed by atoms with E-state index in [1.807, 2.05) is 43.7 Å². The molecule has 5 nitrogen and oxygen atoms in total. The van der Waals surface area contributed by atoms with Crippen molar-refractivity contribution in [3.63, 3.8) is 0 Å². The maximum absolute atomic E-state index is 13.1. The number of aromatic nitrogens is 2. The molecular formula is C20H25ClN4O. The van der Waals surface area contributed by atoms with E-state index in [9.17, 15) is 4.79 Å². The summed E-state index contributed by atoms with van der Waals surface area (Å²) >= 11 is 6.03. The minimum absolute atomic E-state index is 0.0601. The van der Waals surface area contributed by atoms with Crippen LogP contribution in [0.4, 0.5) is 0 Å². The summed E-state index contributed by atoms with van der Waals surface area (Å²) < 4.78 is 1.80. The Labute approximate surface area is 159 Å². The summed E-state index contributed by atoms with van der Waals surface area (Å²) in [4.78, 5) is 13.1. The number of aryl methyl sites for hydroxylation is 1. The predicted molar refractivity (Wildman–Crippen MR) is 102 cm³/mol. The molecule has 26 heavy (non-hydrogen) atoms. The van der Waals surface area contributed by atoms with E-state index in [0.29, 0.717) is 18.4 Å². The van der Waals surface area contributed by atoms with Gasteiger partial charge in [0.25, 0.3) is 0 Å². The second kappa shape index (κ2) is 7.05. The smallest absolute Gasteiger partial charge is 0.225 e. The summed E-state index contributed by atoms with van der Waals surface area (Å²) in [6.07, 6.45) is 5.04. The normalized spacial score (nSPS) is 28.7. The molecule has 0 bridgehead atoms. The molecule has 4 rings (SSSR count). The van der Waals surface area contributed by atoms with Crippen LogP contribution in [0.5, 0.6) is 0 Å². The van der Waals surface area contributed by atoms with Gasteiger partial charge in [0, 0.05) is 37.3 Å². The summed E-state index contributed by atoms with van der Waals surface area (Å²) in [5, 5.41) is 11.7. The highest BCUT2D eigenvalue weighted by molar-refractivity contribution is 6.30. The van der Waals surface area contributed by atoms with Gasteiger partial charge in [0.2, 0.25) is 5.91 Å². The third-order valence-electron chi connectivity index (χ3n) is 5.83. The average Bonchev–Trinajstić information content (AvgIpc) is 3.02. The summed E-state index contributed by atoms with van der Waals surface area (Å²) in [5.74, 6) is 1.38. The zero-order valence-electron chi connectivity index (χ0n) is 15.2. The third-order valence-corrected chi connectivity index (χ3v) is 6.08. The number of hydrogen-bond acceptors (Lipinski definition) is 3. The van der Waals surface area contributed by atoms with Gasteiger partial charge in [0.15, 0.2) is 0 Å². The van der Waals surface area contributed by atoms with Gasteiger partial charge in [0.1, 0.15) is 0 Å². The standard InChI is InChI=1S/C20H25ClN4O/c1-12-7-16(12)19(13-3-5-15(21)6-4-13)24-20(26)18-10-22-9-17(18)14-8-23-25(2)11-14/h3-6,8,11-12,16-19,22H,7,9-10H2,1-2H3,(H,24,26)/t12?,16?,17-,18+,19?/m1/s1. The molecule has 0 radical (unpaired) electrons. The van der Waals surface area contributed by atoms with Gasteiger partial charge in [-0.3, -0.25) is 9.48 Å². The Balaban J connectivity index is 1.51. The lowest BCUT2D eigenvalue weighted by Gasteiger charge is -2.24. The molecule has 2 fully saturated rings. The van der Waals surface area contributed by atoms with Gasteiger partial charge in [0.05, 0.1) is 18.2 Å². The van der Waals surface area contributed by atoms with E-state index in [1.165, 1.54) is 0 Å².